The van der Waals surface area contributed by atoms with E-state index in [9.17, 15) is 4.79 Å². The maximum atomic E-state index is 12.7. The molecule has 2 saturated heterocycles. The van der Waals surface area contributed by atoms with E-state index >= 15 is 0 Å². The monoisotopic (exact) mass is 373 g/mol. The Hall–Kier alpha value is -1.66. The van der Waals surface area contributed by atoms with E-state index in [4.69, 9.17) is 4.74 Å². The van der Waals surface area contributed by atoms with Crippen LogP contribution in [0.4, 0.5) is 0 Å². The van der Waals surface area contributed by atoms with Crippen LogP contribution < -0.4 is 4.74 Å². The number of rotatable bonds is 4. The Morgan fingerprint density at radius 1 is 1.23 bits per heavy atom. The van der Waals surface area contributed by atoms with Gasteiger partial charge in [0.05, 0.1) is 0 Å². The van der Waals surface area contributed by atoms with Crippen molar-refractivity contribution in [3.8, 4) is 5.75 Å². The van der Waals surface area contributed by atoms with Crippen LogP contribution in [0.5, 0.6) is 5.75 Å². The van der Waals surface area contributed by atoms with Gasteiger partial charge in [-0.15, -0.1) is 0 Å². The first-order chi connectivity index (χ1) is 12.6. The van der Waals surface area contributed by atoms with Crippen molar-refractivity contribution in [3.05, 3.63) is 30.0 Å². The van der Waals surface area contributed by atoms with Gasteiger partial charge in [-0.2, -0.15) is 11.8 Å². The number of fused-ring (bicyclic) bond motifs is 1. The number of aromatic amines is 1. The SMILES string of the molecule is CC(C)N1CCC(Oc2ccc3[nH]c(C(=O)N4CCSCC4)cc3c2)C1. The van der Waals surface area contributed by atoms with Crippen molar-refractivity contribution in [2.45, 2.75) is 32.4 Å². The average Bonchev–Trinajstić information content (AvgIpc) is 3.28. The topological polar surface area (TPSA) is 48.6 Å². The van der Waals surface area contributed by atoms with E-state index in [0.29, 0.717) is 11.7 Å². The molecule has 2 aliphatic heterocycles. The highest BCUT2D eigenvalue weighted by molar-refractivity contribution is 7.99. The summed E-state index contributed by atoms with van der Waals surface area (Å²) < 4.78 is 6.20. The summed E-state index contributed by atoms with van der Waals surface area (Å²) >= 11 is 1.91. The number of H-pyrrole nitrogens is 1. The molecule has 1 aromatic heterocycles. The summed E-state index contributed by atoms with van der Waals surface area (Å²) in [7, 11) is 0. The highest BCUT2D eigenvalue weighted by atomic mass is 32.2. The van der Waals surface area contributed by atoms with Crippen LogP contribution in [0.15, 0.2) is 24.3 Å². The van der Waals surface area contributed by atoms with Crippen molar-refractivity contribution in [1.82, 2.24) is 14.8 Å². The molecule has 5 nitrogen and oxygen atoms in total. The molecule has 2 aliphatic rings. The van der Waals surface area contributed by atoms with E-state index in [1.165, 1.54) is 0 Å². The van der Waals surface area contributed by atoms with Gasteiger partial charge in [0.15, 0.2) is 0 Å². The van der Waals surface area contributed by atoms with Gasteiger partial charge in [-0.3, -0.25) is 9.69 Å². The van der Waals surface area contributed by atoms with Crippen LogP contribution in [0.2, 0.25) is 0 Å². The highest BCUT2D eigenvalue weighted by Crippen LogP contribution is 2.25. The second-order valence-electron chi connectivity index (χ2n) is 7.45. The van der Waals surface area contributed by atoms with Gasteiger partial charge in [0, 0.05) is 54.6 Å². The molecule has 140 valence electrons. The number of carbonyl (C=O) groups is 1. The van der Waals surface area contributed by atoms with E-state index in [-0.39, 0.29) is 12.0 Å². The summed E-state index contributed by atoms with van der Waals surface area (Å²) in [5, 5.41) is 1.04. The Kier molecular flexibility index (Phi) is 5.14. The van der Waals surface area contributed by atoms with Gasteiger partial charge in [-0.25, -0.2) is 0 Å². The molecule has 1 N–H and O–H groups in total. The van der Waals surface area contributed by atoms with Crippen LogP contribution in [0.25, 0.3) is 10.9 Å². The second kappa shape index (κ2) is 7.53. The molecule has 0 spiro atoms. The number of amides is 1. The zero-order valence-electron chi connectivity index (χ0n) is 15.5. The Morgan fingerprint density at radius 3 is 2.77 bits per heavy atom. The number of hydrogen-bond acceptors (Lipinski definition) is 4. The maximum Gasteiger partial charge on any atom is 0.270 e. The zero-order valence-corrected chi connectivity index (χ0v) is 16.3. The Bertz CT molecular complexity index is 782. The molecular weight excluding hydrogens is 346 g/mol. The van der Waals surface area contributed by atoms with Gasteiger partial charge < -0.3 is 14.6 Å². The average molecular weight is 374 g/mol. The van der Waals surface area contributed by atoms with E-state index in [0.717, 1.165) is 60.8 Å². The van der Waals surface area contributed by atoms with Gasteiger partial charge in [0.25, 0.3) is 5.91 Å². The van der Waals surface area contributed by atoms with Crippen LogP contribution in [0.3, 0.4) is 0 Å². The Balaban J connectivity index is 1.46. The zero-order chi connectivity index (χ0) is 18.1. The smallest absolute Gasteiger partial charge is 0.270 e. The van der Waals surface area contributed by atoms with E-state index < -0.39 is 0 Å². The summed E-state index contributed by atoms with van der Waals surface area (Å²) in [5.41, 5.74) is 1.67. The van der Waals surface area contributed by atoms with E-state index in [1.807, 2.05) is 40.9 Å². The normalized spacial score (nSPS) is 21.7. The van der Waals surface area contributed by atoms with Gasteiger partial charge in [0.1, 0.15) is 17.5 Å². The lowest BCUT2D eigenvalue weighted by atomic mass is 10.2. The van der Waals surface area contributed by atoms with Crippen molar-refractivity contribution >= 4 is 28.6 Å². The lowest BCUT2D eigenvalue weighted by Gasteiger charge is -2.25. The van der Waals surface area contributed by atoms with Crippen molar-refractivity contribution in [3.63, 3.8) is 0 Å². The molecule has 0 radical (unpaired) electrons. The first-order valence-corrected chi connectivity index (χ1v) is 10.7. The van der Waals surface area contributed by atoms with Crippen molar-refractivity contribution in [2.24, 2.45) is 0 Å². The molecule has 3 heterocycles. The summed E-state index contributed by atoms with van der Waals surface area (Å²) in [4.78, 5) is 20.3. The molecule has 2 fully saturated rings. The molecule has 0 saturated carbocycles. The van der Waals surface area contributed by atoms with Gasteiger partial charge >= 0.3 is 0 Å². The van der Waals surface area contributed by atoms with Crippen molar-refractivity contribution in [2.75, 3.05) is 37.7 Å². The lowest BCUT2D eigenvalue weighted by Crippen LogP contribution is -2.38. The largest absolute Gasteiger partial charge is 0.489 e. The minimum absolute atomic E-state index is 0.104. The molecule has 1 amide bonds. The first kappa shape index (κ1) is 17.7. The lowest BCUT2D eigenvalue weighted by molar-refractivity contribution is 0.0767. The summed E-state index contributed by atoms with van der Waals surface area (Å²) in [6.45, 7) is 8.21. The minimum atomic E-state index is 0.104. The number of carbonyl (C=O) groups excluding carboxylic acids is 1. The third kappa shape index (κ3) is 3.71. The number of hydrogen-bond donors (Lipinski definition) is 1. The number of likely N-dealkylation sites (tertiary alicyclic amines) is 1. The third-order valence-electron chi connectivity index (χ3n) is 5.33. The fourth-order valence-electron chi connectivity index (χ4n) is 3.75. The third-order valence-corrected chi connectivity index (χ3v) is 6.27. The number of benzene rings is 1. The minimum Gasteiger partial charge on any atom is -0.489 e. The Labute approximate surface area is 159 Å². The molecule has 1 aromatic carbocycles. The predicted molar refractivity (Wildman–Crippen MR) is 107 cm³/mol. The fourth-order valence-corrected chi connectivity index (χ4v) is 4.65. The summed E-state index contributed by atoms with van der Waals surface area (Å²) in [6.07, 6.45) is 1.32. The number of nitrogens with one attached hydrogen (secondary N) is 1. The molecular formula is C20H27N3O2S. The molecule has 6 heteroatoms. The number of aromatic nitrogens is 1. The predicted octanol–water partition coefficient (Wildman–Crippen LogP) is 3.22. The fraction of sp³-hybridized carbons (Fsp3) is 0.550. The molecule has 2 aromatic rings. The quantitative estimate of drug-likeness (QED) is 0.894. The molecule has 4 rings (SSSR count). The molecule has 0 bridgehead atoms. The molecule has 1 atom stereocenters. The van der Waals surface area contributed by atoms with Crippen LogP contribution in [0, 0.1) is 0 Å². The van der Waals surface area contributed by atoms with Crippen LogP contribution in [-0.4, -0.2) is 70.5 Å². The van der Waals surface area contributed by atoms with Gasteiger partial charge in [-0.1, -0.05) is 0 Å². The molecule has 0 aliphatic carbocycles. The number of thioether (sulfide) groups is 1. The second-order valence-corrected chi connectivity index (χ2v) is 8.68. The molecule has 1 unspecified atom stereocenters. The van der Waals surface area contributed by atoms with Crippen molar-refractivity contribution < 1.29 is 9.53 Å². The highest BCUT2D eigenvalue weighted by Gasteiger charge is 2.26. The van der Waals surface area contributed by atoms with Crippen LogP contribution in [-0.2, 0) is 0 Å². The standard InChI is InChI=1S/C20H27N3O2S/c1-14(2)23-6-5-17(13-23)25-16-3-4-18-15(11-16)12-19(21-18)20(24)22-7-9-26-10-8-22/h3-4,11-12,14,17,21H,5-10,13H2,1-2H3. The van der Waals surface area contributed by atoms with E-state index in [1.54, 1.807) is 0 Å². The van der Waals surface area contributed by atoms with Gasteiger partial charge in [0.2, 0.25) is 0 Å². The first-order valence-electron chi connectivity index (χ1n) is 9.50. The van der Waals surface area contributed by atoms with E-state index in [2.05, 4.69) is 23.7 Å². The number of nitrogens with zero attached hydrogens (tertiary/aromatic N) is 2. The van der Waals surface area contributed by atoms with Gasteiger partial charge in [-0.05, 0) is 44.5 Å². The summed E-state index contributed by atoms with van der Waals surface area (Å²) in [6, 6.07) is 8.59. The summed E-state index contributed by atoms with van der Waals surface area (Å²) in [5.74, 6) is 3.05. The van der Waals surface area contributed by atoms with Crippen LogP contribution >= 0.6 is 11.8 Å². The van der Waals surface area contributed by atoms with Crippen molar-refractivity contribution in [1.29, 1.82) is 0 Å². The Morgan fingerprint density at radius 2 is 2.04 bits per heavy atom. The van der Waals surface area contributed by atoms with Crippen LogP contribution in [0.1, 0.15) is 30.8 Å². The molecule has 26 heavy (non-hydrogen) atoms. The number of ether oxygens (including phenoxy) is 1. The maximum absolute atomic E-state index is 12.7.